The number of hydrogen-bond acceptors (Lipinski definition) is 5. The number of carbonyl (C=O) groups excluding carboxylic acids is 1. The minimum absolute atomic E-state index is 0.0672. The third kappa shape index (κ3) is 9.19. The fourth-order valence-corrected chi connectivity index (χ4v) is 2.20. The fraction of sp³-hybridized carbons (Fsp3) is 0.846. The Morgan fingerprint density at radius 3 is 2.45 bits per heavy atom. The summed E-state index contributed by atoms with van der Waals surface area (Å²) in [5.41, 5.74) is 0. The van der Waals surface area contributed by atoms with E-state index in [9.17, 15) is 13.2 Å². The molecule has 0 aromatic rings. The monoisotopic (exact) mass is 338 g/mol. The van der Waals surface area contributed by atoms with Crippen molar-refractivity contribution in [2.45, 2.75) is 32.7 Å². The molecule has 2 amide bonds. The van der Waals surface area contributed by atoms with Gasteiger partial charge in [-0.05, 0) is 26.7 Å². The summed E-state index contributed by atoms with van der Waals surface area (Å²) in [6.45, 7) is 8.29. The Morgan fingerprint density at radius 1 is 1.36 bits per heavy atom. The Kier molecular flexibility index (Phi) is 10.3. The van der Waals surface area contributed by atoms with E-state index in [4.69, 9.17) is 9.94 Å². The van der Waals surface area contributed by atoms with Crippen molar-refractivity contribution < 1.29 is 23.2 Å². The molecule has 0 saturated carbocycles. The molecule has 8 nitrogen and oxygen atoms in total. The van der Waals surface area contributed by atoms with Crippen molar-refractivity contribution in [2.75, 3.05) is 39.1 Å². The molecule has 0 aliphatic rings. The molecule has 0 aliphatic carbocycles. The summed E-state index contributed by atoms with van der Waals surface area (Å²) in [7, 11) is -3.22. The summed E-state index contributed by atoms with van der Waals surface area (Å²) in [5, 5.41) is 10.2. The summed E-state index contributed by atoms with van der Waals surface area (Å²) < 4.78 is 24.2. The van der Waals surface area contributed by atoms with E-state index < -0.39 is 10.0 Å². The molecule has 131 valence electrons. The summed E-state index contributed by atoms with van der Waals surface area (Å²) in [6.07, 6.45) is 2.01. The van der Waals surface area contributed by atoms with Crippen LogP contribution in [0.2, 0.25) is 0 Å². The van der Waals surface area contributed by atoms with E-state index in [1.165, 1.54) is 9.96 Å². The lowest BCUT2D eigenvalue weighted by Gasteiger charge is -2.32. The third-order valence-electron chi connectivity index (χ3n) is 2.72. The second kappa shape index (κ2) is 10.8. The number of aliphatic hydroxyl groups is 1. The van der Waals surface area contributed by atoms with Crippen LogP contribution in [0.15, 0.2) is 0 Å². The average molecular weight is 338 g/mol. The van der Waals surface area contributed by atoms with Gasteiger partial charge in [0.25, 0.3) is 0 Å². The van der Waals surface area contributed by atoms with Gasteiger partial charge in [-0.15, -0.1) is 0 Å². The lowest BCUT2D eigenvalue weighted by Crippen LogP contribution is -2.48. The minimum atomic E-state index is -3.22. The molecule has 0 bridgehead atoms. The Hall–Kier alpha value is -0.900. The largest absolute Gasteiger partial charge is 0.395 e. The smallest absolute Gasteiger partial charge is 0.344 e. The highest BCUT2D eigenvalue weighted by atomic mass is 32.2. The maximum atomic E-state index is 12.4. The molecule has 0 unspecified atom stereocenters. The topological polar surface area (TPSA) is 99.2 Å². The number of amides is 2. The minimum Gasteiger partial charge on any atom is -0.395 e. The van der Waals surface area contributed by atoms with Crippen LogP contribution in [-0.4, -0.2) is 74.7 Å². The molecule has 1 radical (unpaired) electrons. The predicted octanol–water partition coefficient (Wildman–Crippen LogP) is 0.206. The van der Waals surface area contributed by atoms with Crippen molar-refractivity contribution in [2.24, 2.45) is 0 Å². The molecule has 0 atom stereocenters. The number of hydrogen-bond donors (Lipinski definition) is 2. The van der Waals surface area contributed by atoms with E-state index in [-0.39, 0.29) is 38.4 Å². The summed E-state index contributed by atoms with van der Waals surface area (Å²) in [6, 6.07) is -0.397. The van der Waals surface area contributed by atoms with Gasteiger partial charge in [0, 0.05) is 19.1 Å². The lowest BCUT2D eigenvalue weighted by molar-refractivity contribution is -0.127. The van der Waals surface area contributed by atoms with Gasteiger partial charge >= 0.3 is 6.03 Å². The van der Waals surface area contributed by atoms with Crippen LogP contribution in [0, 0.1) is 6.92 Å². The van der Waals surface area contributed by atoms with Crippen LogP contribution in [0.5, 0.6) is 0 Å². The van der Waals surface area contributed by atoms with Crippen molar-refractivity contribution in [1.82, 2.24) is 14.7 Å². The molecule has 0 aromatic heterocycles. The van der Waals surface area contributed by atoms with E-state index in [1.54, 1.807) is 0 Å². The summed E-state index contributed by atoms with van der Waals surface area (Å²) >= 11 is 0. The molecular weight excluding hydrogens is 310 g/mol. The van der Waals surface area contributed by atoms with Gasteiger partial charge in [-0.1, -0.05) is 6.92 Å². The van der Waals surface area contributed by atoms with Crippen LogP contribution in [0.25, 0.3) is 0 Å². The van der Waals surface area contributed by atoms with Crippen LogP contribution in [0.3, 0.4) is 0 Å². The Labute approximate surface area is 133 Å². The highest BCUT2D eigenvalue weighted by Crippen LogP contribution is 2.06. The fourth-order valence-electron chi connectivity index (χ4n) is 1.69. The van der Waals surface area contributed by atoms with Crippen LogP contribution in [-0.2, 0) is 14.9 Å². The van der Waals surface area contributed by atoms with Crippen LogP contribution < -0.4 is 4.72 Å². The highest BCUT2D eigenvalue weighted by Gasteiger charge is 2.23. The molecule has 0 spiro atoms. The number of aliphatic hydroxyl groups excluding tert-OH is 1. The number of nitrogens with one attached hydrogen (secondary N) is 1. The van der Waals surface area contributed by atoms with Crippen molar-refractivity contribution in [3.05, 3.63) is 6.92 Å². The normalized spacial score (nSPS) is 11.7. The van der Waals surface area contributed by atoms with Crippen molar-refractivity contribution in [3.63, 3.8) is 0 Å². The molecule has 0 heterocycles. The molecule has 0 aromatic carbocycles. The number of carbonyl (C=O) groups is 1. The second-order valence-electron chi connectivity index (χ2n) is 5.10. The van der Waals surface area contributed by atoms with Gasteiger partial charge in [-0.2, -0.15) is 0 Å². The van der Waals surface area contributed by atoms with Gasteiger partial charge in [0.2, 0.25) is 10.0 Å². The molecular formula is C13H28N3O5S. The number of rotatable bonds is 11. The first kappa shape index (κ1) is 21.1. The maximum absolute atomic E-state index is 12.4. The molecule has 0 saturated heterocycles. The third-order valence-corrected chi connectivity index (χ3v) is 3.45. The van der Waals surface area contributed by atoms with Gasteiger partial charge in [0.1, 0.15) is 0 Å². The lowest BCUT2D eigenvalue weighted by atomic mass is 10.3. The van der Waals surface area contributed by atoms with Gasteiger partial charge in [-0.3, -0.25) is 4.84 Å². The van der Waals surface area contributed by atoms with Gasteiger partial charge in [0.05, 0.1) is 26.0 Å². The molecule has 0 rings (SSSR count). The Bertz CT molecular complexity index is 414. The summed E-state index contributed by atoms with van der Waals surface area (Å²) in [5.74, 6) is 0. The zero-order valence-corrected chi connectivity index (χ0v) is 14.4. The Morgan fingerprint density at radius 2 is 2.00 bits per heavy atom. The molecule has 9 heteroatoms. The molecule has 0 aliphatic heterocycles. The molecule has 2 N–H and O–H groups in total. The zero-order valence-electron chi connectivity index (χ0n) is 13.6. The second-order valence-corrected chi connectivity index (χ2v) is 6.94. The van der Waals surface area contributed by atoms with E-state index in [0.717, 1.165) is 6.26 Å². The van der Waals surface area contributed by atoms with Crippen molar-refractivity contribution >= 4 is 16.1 Å². The van der Waals surface area contributed by atoms with Gasteiger partial charge in [0.15, 0.2) is 0 Å². The Balaban J connectivity index is 4.42. The number of hydroxylamine groups is 2. The predicted molar refractivity (Wildman–Crippen MR) is 84.4 cm³/mol. The number of nitrogens with zero attached hydrogens (tertiary/aromatic N) is 2. The zero-order chi connectivity index (χ0) is 17.2. The van der Waals surface area contributed by atoms with Crippen LogP contribution in [0.1, 0.15) is 26.7 Å². The highest BCUT2D eigenvalue weighted by molar-refractivity contribution is 7.88. The van der Waals surface area contributed by atoms with Gasteiger partial charge < -0.3 is 10.0 Å². The molecule has 22 heavy (non-hydrogen) atoms. The molecule has 0 fully saturated rings. The van der Waals surface area contributed by atoms with E-state index in [0.29, 0.717) is 19.4 Å². The summed E-state index contributed by atoms with van der Waals surface area (Å²) in [4.78, 5) is 19.3. The van der Waals surface area contributed by atoms with E-state index in [1.807, 2.05) is 13.8 Å². The first-order valence-electron chi connectivity index (χ1n) is 7.28. The van der Waals surface area contributed by atoms with Crippen LogP contribution >= 0.6 is 0 Å². The van der Waals surface area contributed by atoms with Crippen molar-refractivity contribution in [3.8, 4) is 0 Å². The van der Waals surface area contributed by atoms with Crippen molar-refractivity contribution in [1.29, 1.82) is 0 Å². The number of sulfonamides is 1. The van der Waals surface area contributed by atoms with E-state index in [2.05, 4.69) is 11.6 Å². The average Bonchev–Trinajstić information content (AvgIpc) is 2.41. The van der Waals surface area contributed by atoms with Crippen LogP contribution in [0.4, 0.5) is 4.79 Å². The van der Waals surface area contributed by atoms with Gasteiger partial charge in [-0.25, -0.2) is 23.0 Å². The standard InChI is InChI=1S/C13H28N3O5S/c1-5-8-16(13(18)15(9-10-17)12(2)3)21-11-6-7-14-22(4,19)20/h12,14,17H,1,5-11H2,2-4H3. The van der Waals surface area contributed by atoms with E-state index >= 15 is 0 Å². The quantitative estimate of drug-likeness (QED) is 0.414. The SMILES string of the molecule is [CH2]CCN(OCCCNS(C)(=O)=O)C(=O)N(CCO)C(C)C. The number of urea groups is 1. The first-order chi connectivity index (χ1) is 10.2. The first-order valence-corrected chi connectivity index (χ1v) is 9.17. The maximum Gasteiger partial charge on any atom is 0.344 e.